The molecule has 1 heterocycles. The molecule has 1 saturated heterocycles. The van der Waals surface area contributed by atoms with Crippen LogP contribution in [0.3, 0.4) is 0 Å². The van der Waals surface area contributed by atoms with Crippen molar-refractivity contribution in [2.24, 2.45) is 0 Å². The molecular weight excluding hydrogens is 272 g/mol. The second-order valence-corrected chi connectivity index (χ2v) is 4.78. The van der Waals surface area contributed by atoms with E-state index in [1.54, 1.807) is 23.1 Å². The van der Waals surface area contributed by atoms with E-state index in [0.29, 0.717) is 30.8 Å². The van der Waals surface area contributed by atoms with Crippen LogP contribution in [-0.4, -0.2) is 35.1 Å². The number of halogens is 1. The van der Waals surface area contributed by atoms with Crippen LogP contribution in [0.4, 0.5) is 5.69 Å². The van der Waals surface area contributed by atoms with Gasteiger partial charge in [0.25, 0.3) is 5.91 Å². The highest BCUT2D eigenvalue weighted by molar-refractivity contribution is 9.10. The lowest BCUT2D eigenvalue weighted by molar-refractivity contribution is 0.0765. The molecule has 1 aromatic carbocycles. The Morgan fingerprint density at radius 2 is 2.31 bits per heavy atom. The van der Waals surface area contributed by atoms with E-state index in [-0.39, 0.29) is 12.0 Å². The quantitative estimate of drug-likeness (QED) is 0.763. The summed E-state index contributed by atoms with van der Waals surface area (Å²) in [5, 5.41) is 9.37. The number of likely N-dealkylation sites (tertiary alicyclic amines) is 1. The molecule has 16 heavy (non-hydrogen) atoms. The molecular formula is C11H13BrN2O2. The fourth-order valence-electron chi connectivity index (χ4n) is 1.77. The third-order valence-electron chi connectivity index (χ3n) is 2.70. The van der Waals surface area contributed by atoms with Crippen molar-refractivity contribution >= 4 is 27.5 Å². The van der Waals surface area contributed by atoms with Crippen LogP contribution in [0.25, 0.3) is 0 Å². The standard InChI is InChI=1S/C11H13BrN2O2/c12-9-5-7(1-2-10(9)13)11(16)14-4-3-8(15)6-14/h1-2,5,8,15H,3-4,6,13H2/t8-/m0/s1. The predicted molar refractivity (Wildman–Crippen MR) is 65.1 cm³/mol. The second kappa shape index (κ2) is 4.43. The molecule has 86 valence electrons. The van der Waals surface area contributed by atoms with Gasteiger partial charge in [-0.15, -0.1) is 0 Å². The first-order chi connectivity index (χ1) is 7.58. The number of amides is 1. The highest BCUT2D eigenvalue weighted by Gasteiger charge is 2.25. The number of aliphatic hydroxyl groups is 1. The van der Waals surface area contributed by atoms with Crippen LogP contribution in [0.15, 0.2) is 22.7 Å². The van der Waals surface area contributed by atoms with E-state index < -0.39 is 0 Å². The van der Waals surface area contributed by atoms with Crippen molar-refractivity contribution < 1.29 is 9.90 Å². The van der Waals surface area contributed by atoms with Gasteiger partial charge in [-0.05, 0) is 40.5 Å². The minimum absolute atomic E-state index is 0.0581. The smallest absolute Gasteiger partial charge is 0.253 e. The molecule has 0 aromatic heterocycles. The predicted octanol–water partition coefficient (Wildman–Crippen LogP) is 1.24. The Balaban J connectivity index is 2.18. The maximum Gasteiger partial charge on any atom is 0.253 e. The number of β-amino-alcohol motifs (C(OH)–C–C–N with tert-alkyl or cyclic N) is 1. The summed E-state index contributed by atoms with van der Waals surface area (Å²) in [6.45, 7) is 1.03. The summed E-state index contributed by atoms with van der Waals surface area (Å²) >= 11 is 3.29. The molecule has 1 aliphatic heterocycles. The van der Waals surface area contributed by atoms with E-state index in [2.05, 4.69) is 15.9 Å². The third-order valence-corrected chi connectivity index (χ3v) is 3.38. The SMILES string of the molecule is Nc1ccc(C(=O)N2CC[C@H](O)C2)cc1Br. The van der Waals surface area contributed by atoms with Crippen molar-refractivity contribution in [3.63, 3.8) is 0 Å². The average Bonchev–Trinajstić information content (AvgIpc) is 2.68. The fraction of sp³-hybridized carbons (Fsp3) is 0.364. The van der Waals surface area contributed by atoms with Gasteiger partial charge in [0, 0.05) is 28.8 Å². The van der Waals surface area contributed by atoms with Gasteiger partial charge in [0.2, 0.25) is 0 Å². The Hall–Kier alpha value is -1.07. The highest BCUT2D eigenvalue weighted by Crippen LogP contribution is 2.22. The van der Waals surface area contributed by atoms with Crippen LogP contribution in [-0.2, 0) is 0 Å². The molecule has 0 aliphatic carbocycles. The van der Waals surface area contributed by atoms with Gasteiger partial charge in [-0.1, -0.05) is 0 Å². The van der Waals surface area contributed by atoms with Crippen molar-refractivity contribution in [3.05, 3.63) is 28.2 Å². The van der Waals surface area contributed by atoms with Gasteiger partial charge in [0.05, 0.1) is 6.10 Å². The van der Waals surface area contributed by atoms with Crippen LogP contribution in [0.2, 0.25) is 0 Å². The Kier molecular flexibility index (Phi) is 3.16. The number of carbonyl (C=O) groups excluding carboxylic acids is 1. The number of carbonyl (C=O) groups is 1. The second-order valence-electron chi connectivity index (χ2n) is 3.93. The molecule has 0 spiro atoms. The molecule has 1 atom stereocenters. The lowest BCUT2D eigenvalue weighted by atomic mass is 10.2. The van der Waals surface area contributed by atoms with Gasteiger partial charge in [-0.25, -0.2) is 0 Å². The molecule has 1 fully saturated rings. The number of rotatable bonds is 1. The summed E-state index contributed by atoms with van der Waals surface area (Å²) in [6, 6.07) is 5.11. The summed E-state index contributed by atoms with van der Waals surface area (Å²) < 4.78 is 0.720. The zero-order valence-corrected chi connectivity index (χ0v) is 10.3. The number of benzene rings is 1. The first-order valence-electron chi connectivity index (χ1n) is 5.10. The Morgan fingerprint density at radius 3 is 2.88 bits per heavy atom. The monoisotopic (exact) mass is 284 g/mol. The maximum absolute atomic E-state index is 12.0. The van der Waals surface area contributed by atoms with Gasteiger partial charge in [0.15, 0.2) is 0 Å². The third kappa shape index (κ3) is 2.20. The summed E-state index contributed by atoms with van der Waals surface area (Å²) in [7, 11) is 0. The van der Waals surface area contributed by atoms with Crippen LogP contribution in [0.5, 0.6) is 0 Å². The number of hydrogen-bond acceptors (Lipinski definition) is 3. The van der Waals surface area contributed by atoms with Crippen LogP contribution < -0.4 is 5.73 Å². The van der Waals surface area contributed by atoms with E-state index in [1.807, 2.05) is 0 Å². The molecule has 1 aromatic rings. The maximum atomic E-state index is 12.0. The largest absolute Gasteiger partial charge is 0.398 e. The number of nitrogen functional groups attached to an aromatic ring is 1. The number of anilines is 1. The van der Waals surface area contributed by atoms with Crippen LogP contribution in [0, 0.1) is 0 Å². The summed E-state index contributed by atoms with van der Waals surface area (Å²) in [6.07, 6.45) is 0.267. The van der Waals surface area contributed by atoms with Crippen molar-refractivity contribution in [1.82, 2.24) is 4.90 Å². The van der Waals surface area contributed by atoms with Crippen LogP contribution in [0.1, 0.15) is 16.8 Å². The molecule has 0 saturated carbocycles. The van der Waals surface area contributed by atoms with Crippen molar-refractivity contribution in [3.8, 4) is 0 Å². The lowest BCUT2D eigenvalue weighted by Crippen LogP contribution is -2.29. The van der Waals surface area contributed by atoms with E-state index in [1.165, 1.54) is 0 Å². The molecule has 0 radical (unpaired) electrons. The zero-order chi connectivity index (χ0) is 11.7. The van der Waals surface area contributed by atoms with E-state index in [4.69, 9.17) is 5.73 Å². The van der Waals surface area contributed by atoms with Gasteiger partial charge in [-0.2, -0.15) is 0 Å². The van der Waals surface area contributed by atoms with Gasteiger partial charge in [0.1, 0.15) is 0 Å². The number of aliphatic hydroxyl groups excluding tert-OH is 1. The van der Waals surface area contributed by atoms with E-state index in [0.717, 1.165) is 4.47 Å². The van der Waals surface area contributed by atoms with Crippen molar-refractivity contribution in [2.75, 3.05) is 18.8 Å². The highest BCUT2D eigenvalue weighted by atomic mass is 79.9. The Bertz CT molecular complexity index is 422. The van der Waals surface area contributed by atoms with Gasteiger partial charge in [-0.3, -0.25) is 4.79 Å². The minimum atomic E-state index is -0.388. The normalized spacial score (nSPS) is 20.1. The van der Waals surface area contributed by atoms with Gasteiger partial charge < -0.3 is 15.7 Å². The molecule has 1 aliphatic rings. The molecule has 4 nitrogen and oxygen atoms in total. The first-order valence-corrected chi connectivity index (χ1v) is 5.89. The molecule has 0 bridgehead atoms. The Labute approximate surface area is 102 Å². The van der Waals surface area contributed by atoms with E-state index >= 15 is 0 Å². The summed E-state index contributed by atoms with van der Waals surface area (Å²) in [5.41, 5.74) is 6.85. The molecule has 1 amide bonds. The molecule has 5 heteroatoms. The molecule has 3 N–H and O–H groups in total. The number of nitrogens with two attached hydrogens (primary N) is 1. The zero-order valence-electron chi connectivity index (χ0n) is 8.69. The van der Waals surface area contributed by atoms with Crippen LogP contribution >= 0.6 is 15.9 Å². The fourth-order valence-corrected chi connectivity index (χ4v) is 2.15. The van der Waals surface area contributed by atoms with Crippen molar-refractivity contribution in [2.45, 2.75) is 12.5 Å². The number of nitrogens with zero attached hydrogens (tertiary/aromatic N) is 1. The topological polar surface area (TPSA) is 66.6 Å². The summed E-state index contributed by atoms with van der Waals surface area (Å²) in [5.74, 6) is -0.0581. The minimum Gasteiger partial charge on any atom is -0.398 e. The first kappa shape index (κ1) is 11.4. The van der Waals surface area contributed by atoms with Crippen molar-refractivity contribution in [1.29, 1.82) is 0 Å². The number of hydrogen-bond donors (Lipinski definition) is 2. The lowest BCUT2D eigenvalue weighted by Gasteiger charge is -2.15. The Morgan fingerprint density at radius 1 is 1.56 bits per heavy atom. The van der Waals surface area contributed by atoms with Gasteiger partial charge >= 0.3 is 0 Å². The summed E-state index contributed by atoms with van der Waals surface area (Å²) in [4.78, 5) is 13.7. The molecule has 2 rings (SSSR count). The van der Waals surface area contributed by atoms with E-state index in [9.17, 15) is 9.90 Å². The average molecular weight is 285 g/mol. The molecule has 0 unspecified atom stereocenters.